The van der Waals surface area contributed by atoms with E-state index in [0.717, 1.165) is 22.1 Å². The zero-order chi connectivity index (χ0) is 12.6. The molecule has 1 aromatic heterocycles. The van der Waals surface area contributed by atoms with Gasteiger partial charge in [0.1, 0.15) is 11.0 Å². The zero-order valence-electron chi connectivity index (χ0n) is 8.69. The Morgan fingerprint density at radius 3 is 2.47 bits per heavy atom. The highest BCUT2D eigenvalue weighted by Gasteiger charge is 2.30. The lowest BCUT2D eigenvalue weighted by molar-refractivity contribution is -0.134. The van der Waals surface area contributed by atoms with Gasteiger partial charge in [-0.3, -0.25) is 0 Å². The number of halogens is 5. The van der Waals surface area contributed by atoms with Crippen LogP contribution in [0.1, 0.15) is 36.7 Å². The van der Waals surface area contributed by atoms with E-state index in [1.54, 1.807) is 0 Å². The molecular weight excluding hydrogens is 367 g/mol. The summed E-state index contributed by atoms with van der Waals surface area (Å²) in [6.07, 6.45) is -3.24. The van der Waals surface area contributed by atoms with Gasteiger partial charge in [0.25, 0.3) is 0 Å². The van der Waals surface area contributed by atoms with Crippen molar-refractivity contribution in [2.45, 2.75) is 37.8 Å². The molecule has 0 N–H and O–H groups in total. The fourth-order valence-corrected chi connectivity index (χ4v) is 2.35. The Morgan fingerprint density at radius 2 is 1.94 bits per heavy atom. The summed E-state index contributed by atoms with van der Waals surface area (Å²) in [4.78, 5) is 8.09. The molecule has 2 nitrogen and oxygen atoms in total. The van der Waals surface area contributed by atoms with Gasteiger partial charge >= 0.3 is 6.18 Å². The summed E-state index contributed by atoms with van der Waals surface area (Å²) in [6, 6.07) is 0. The third-order valence-electron chi connectivity index (χ3n) is 2.48. The van der Waals surface area contributed by atoms with E-state index in [1.165, 1.54) is 0 Å². The van der Waals surface area contributed by atoms with Crippen molar-refractivity contribution < 1.29 is 13.2 Å². The average Bonchev–Trinajstić information content (AvgIpc) is 3.02. The summed E-state index contributed by atoms with van der Waals surface area (Å²) in [6.45, 7) is 0. The van der Waals surface area contributed by atoms with Crippen molar-refractivity contribution in [3.63, 3.8) is 0 Å². The first-order valence-corrected chi connectivity index (χ1v) is 6.61. The number of hydrogen-bond donors (Lipinski definition) is 0. The van der Waals surface area contributed by atoms with E-state index >= 15 is 0 Å². The molecule has 0 unspecified atom stereocenters. The van der Waals surface area contributed by atoms with Crippen LogP contribution in [-0.2, 0) is 6.42 Å². The van der Waals surface area contributed by atoms with Crippen molar-refractivity contribution in [3.8, 4) is 0 Å². The molecule has 7 heteroatoms. The topological polar surface area (TPSA) is 25.8 Å². The second kappa shape index (κ2) is 4.87. The van der Waals surface area contributed by atoms with Crippen molar-refractivity contribution in [1.29, 1.82) is 0 Å². The van der Waals surface area contributed by atoms with Gasteiger partial charge in [-0.1, -0.05) is 11.6 Å². The van der Waals surface area contributed by atoms with E-state index in [1.807, 2.05) is 22.6 Å². The third kappa shape index (κ3) is 3.67. The molecule has 17 heavy (non-hydrogen) atoms. The number of aryl methyl sites for hydroxylation is 1. The quantitative estimate of drug-likeness (QED) is 0.586. The molecule has 0 spiro atoms. The summed E-state index contributed by atoms with van der Waals surface area (Å²) in [5.41, 5.74) is 0.808. The second-order valence-corrected chi connectivity index (χ2v) is 5.46. The van der Waals surface area contributed by atoms with Gasteiger partial charge in [0, 0.05) is 12.3 Å². The predicted molar refractivity (Wildman–Crippen MR) is 66.1 cm³/mol. The van der Waals surface area contributed by atoms with Gasteiger partial charge in [-0.25, -0.2) is 9.97 Å². The molecule has 2 rings (SSSR count). The standard InChI is InChI=1S/C10H9ClF3IN2/c11-9-7(15)8(5-1-2-5)16-6(17-9)3-4-10(12,13)14/h5H,1-4H2. The Balaban J connectivity index is 2.17. The molecule has 1 aromatic rings. The molecule has 0 aliphatic heterocycles. The highest BCUT2D eigenvalue weighted by molar-refractivity contribution is 14.1. The van der Waals surface area contributed by atoms with Crippen LogP contribution in [0.4, 0.5) is 13.2 Å². The molecule has 1 aliphatic carbocycles. The minimum Gasteiger partial charge on any atom is -0.236 e. The number of nitrogens with zero attached hydrogens (tertiary/aromatic N) is 2. The Bertz CT molecular complexity index is 432. The number of rotatable bonds is 3. The van der Waals surface area contributed by atoms with Crippen LogP contribution in [0.15, 0.2) is 0 Å². The van der Waals surface area contributed by atoms with E-state index in [2.05, 4.69) is 9.97 Å². The molecule has 0 radical (unpaired) electrons. The van der Waals surface area contributed by atoms with Crippen molar-refractivity contribution in [2.24, 2.45) is 0 Å². The molecule has 1 aliphatic rings. The first-order chi connectivity index (χ1) is 7.87. The van der Waals surface area contributed by atoms with Gasteiger partial charge in [-0.2, -0.15) is 13.2 Å². The second-order valence-electron chi connectivity index (χ2n) is 4.02. The van der Waals surface area contributed by atoms with E-state index in [0.29, 0.717) is 5.92 Å². The van der Waals surface area contributed by atoms with E-state index in [4.69, 9.17) is 11.6 Å². The molecule has 0 bridgehead atoms. The fraction of sp³-hybridized carbons (Fsp3) is 0.600. The normalized spacial score (nSPS) is 16.3. The Kier molecular flexibility index (Phi) is 3.82. The van der Waals surface area contributed by atoms with Crippen LogP contribution in [0.2, 0.25) is 5.15 Å². The van der Waals surface area contributed by atoms with Crippen molar-refractivity contribution in [1.82, 2.24) is 9.97 Å². The number of hydrogen-bond acceptors (Lipinski definition) is 2. The Hall–Kier alpha value is -0.110. The maximum Gasteiger partial charge on any atom is 0.389 e. The lowest BCUT2D eigenvalue weighted by Gasteiger charge is -2.08. The Morgan fingerprint density at radius 1 is 1.29 bits per heavy atom. The molecule has 94 valence electrons. The van der Waals surface area contributed by atoms with Crippen LogP contribution in [0.3, 0.4) is 0 Å². The summed E-state index contributed by atoms with van der Waals surface area (Å²) >= 11 is 7.94. The fourth-order valence-electron chi connectivity index (χ4n) is 1.47. The maximum absolute atomic E-state index is 12.1. The van der Waals surface area contributed by atoms with Gasteiger partial charge < -0.3 is 0 Å². The average molecular weight is 377 g/mol. The lowest BCUT2D eigenvalue weighted by atomic mass is 10.2. The van der Waals surface area contributed by atoms with Gasteiger partial charge in [0.15, 0.2) is 0 Å². The van der Waals surface area contributed by atoms with Crippen molar-refractivity contribution in [2.75, 3.05) is 0 Å². The molecule has 1 saturated carbocycles. The van der Waals surface area contributed by atoms with E-state index < -0.39 is 12.6 Å². The van der Waals surface area contributed by atoms with E-state index in [-0.39, 0.29) is 17.4 Å². The minimum atomic E-state index is -4.18. The van der Waals surface area contributed by atoms with Crippen LogP contribution in [-0.4, -0.2) is 16.1 Å². The maximum atomic E-state index is 12.1. The van der Waals surface area contributed by atoms with Gasteiger partial charge in [-0.15, -0.1) is 0 Å². The van der Waals surface area contributed by atoms with Crippen LogP contribution in [0, 0.1) is 3.57 Å². The SMILES string of the molecule is FC(F)(F)CCc1nc(Cl)c(I)c(C2CC2)n1. The van der Waals surface area contributed by atoms with Crippen LogP contribution in [0.25, 0.3) is 0 Å². The monoisotopic (exact) mass is 376 g/mol. The molecule has 1 fully saturated rings. The zero-order valence-corrected chi connectivity index (χ0v) is 11.6. The highest BCUT2D eigenvalue weighted by Crippen LogP contribution is 2.42. The highest BCUT2D eigenvalue weighted by atomic mass is 127. The molecule has 0 saturated heterocycles. The summed E-state index contributed by atoms with van der Waals surface area (Å²) in [7, 11) is 0. The first-order valence-electron chi connectivity index (χ1n) is 5.15. The Labute approximate surface area is 115 Å². The predicted octanol–water partition coefficient (Wildman–Crippen LogP) is 4.11. The lowest BCUT2D eigenvalue weighted by Crippen LogP contribution is -2.11. The van der Waals surface area contributed by atoms with E-state index in [9.17, 15) is 13.2 Å². The first kappa shape index (κ1) is 13.3. The summed E-state index contributed by atoms with van der Waals surface area (Å²) < 4.78 is 37.1. The number of aromatic nitrogens is 2. The number of alkyl halides is 3. The molecule has 1 heterocycles. The van der Waals surface area contributed by atoms with Gasteiger partial charge in [-0.05, 0) is 35.4 Å². The van der Waals surface area contributed by atoms with Crippen molar-refractivity contribution in [3.05, 3.63) is 20.2 Å². The minimum absolute atomic E-state index is 0.189. The van der Waals surface area contributed by atoms with Crippen molar-refractivity contribution >= 4 is 34.2 Å². The summed E-state index contributed by atoms with van der Waals surface area (Å²) in [5.74, 6) is 0.543. The summed E-state index contributed by atoms with van der Waals surface area (Å²) in [5, 5.41) is 0.264. The molecule has 0 aromatic carbocycles. The van der Waals surface area contributed by atoms with Crippen LogP contribution in [0.5, 0.6) is 0 Å². The van der Waals surface area contributed by atoms with Gasteiger partial charge in [0.2, 0.25) is 0 Å². The molecular formula is C10H9ClF3IN2. The van der Waals surface area contributed by atoms with Crippen LogP contribution >= 0.6 is 34.2 Å². The smallest absolute Gasteiger partial charge is 0.236 e. The largest absolute Gasteiger partial charge is 0.389 e. The molecule has 0 atom stereocenters. The van der Waals surface area contributed by atoms with Crippen LogP contribution < -0.4 is 0 Å². The third-order valence-corrected chi connectivity index (χ3v) is 4.13. The molecule has 0 amide bonds. The van der Waals surface area contributed by atoms with Gasteiger partial charge in [0.05, 0.1) is 15.7 Å².